The minimum atomic E-state index is 0.784. The Kier molecular flexibility index (Phi) is 1.42. The van der Waals surface area contributed by atoms with E-state index in [2.05, 4.69) is 11.9 Å². The third-order valence-corrected chi connectivity index (χ3v) is 1.51. The van der Waals surface area contributed by atoms with Gasteiger partial charge in [0, 0.05) is 6.42 Å². The van der Waals surface area contributed by atoms with Crippen molar-refractivity contribution >= 4 is 5.82 Å². The van der Waals surface area contributed by atoms with Gasteiger partial charge in [-0.2, -0.15) is 0 Å². The summed E-state index contributed by atoms with van der Waals surface area (Å²) in [6.07, 6.45) is 2.80. The molecule has 0 amide bonds. The zero-order valence-corrected chi connectivity index (χ0v) is 5.81. The number of aryl methyl sites for hydroxylation is 1. The van der Waals surface area contributed by atoms with Crippen LogP contribution in [0.4, 0.5) is 5.82 Å². The van der Waals surface area contributed by atoms with E-state index in [-0.39, 0.29) is 0 Å². The van der Waals surface area contributed by atoms with Gasteiger partial charge in [-0.25, -0.2) is 4.57 Å². The minimum Gasteiger partial charge on any atom is -0.316 e. The number of nitrogens with zero attached hydrogens (tertiary/aromatic N) is 1. The number of hydrogen-bond donors (Lipinski definition) is 2. The number of aromatic nitrogens is 2. The van der Waals surface area contributed by atoms with Crippen molar-refractivity contribution in [2.24, 2.45) is 7.05 Å². The molecule has 1 aromatic heterocycles. The monoisotopic (exact) mass is 126 g/mol. The van der Waals surface area contributed by atoms with Crippen molar-refractivity contribution in [3.8, 4) is 0 Å². The van der Waals surface area contributed by atoms with E-state index < -0.39 is 0 Å². The van der Waals surface area contributed by atoms with Gasteiger partial charge in [0.05, 0.1) is 7.05 Å². The van der Waals surface area contributed by atoms with E-state index in [0.29, 0.717) is 0 Å². The summed E-state index contributed by atoms with van der Waals surface area (Å²) in [6, 6.07) is 0. The first-order chi connectivity index (χ1) is 4.25. The Morgan fingerprint density at radius 1 is 1.78 bits per heavy atom. The zero-order valence-electron chi connectivity index (χ0n) is 5.81. The first-order valence-electron chi connectivity index (χ1n) is 3.07. The number of aromatic amines is 1. The van der Waals surface area contributed by atoms with E-state index in [1.54, 1.807) is 6.20 Å². The number of H-pyrrole nitrogens is 1. The normalized spacial score (nSPS) is 10.0. The highest BCUT2D eigenvalue weighted by Gasteiger charge is 2.04. The Balaban J connectivity index is 3.04. The molecule has 0 saturated heterocycles. The van der Waals surface area contributed by atoms with Crippen LogP contribution in [0.15, 0.2) is 6.20 Å². The lowest BCUT2D eigenvalue weighted by molar-refractivity contribution is -0.663. The molecule has 0 aromatic carbocycles. The molecule has 9 heavy (non-hydrogen) atoms. The van der Waals surface area contributed by atoms with Gasteiger partial charge in [-0.1, -0.05) is 6.92 Å². The van der Waals surface area contributed by atoms with E-state index >= 15 is 0 Å². The Bertz CT molecular complexity index is 202. The molecular weight excluding hydrogens is 114 g/mol. The molecule has 1 aromatic rings. The van der Waals surface area contributed by atoms with E-state index in [0.717, 1.165) is 18.1 Å². The van der Waals surface area contributed by atoms with Crippen LogP contribution in [0, 0.1) is 0 Å². The molecule has 0 radical (unpaired) electrons. The molecule has 0 saturated carbocycles. The Labute approximate surface area is 54.5 Å². The average Bonchev–Trinajstić information content (AvgIpc) is 2.15. The van der Waals surface area contributed by atoms with Gasteiger partial charge in [-0.3, -0.25) is 4.98 Å². The maximum Gasteiger partial charge on any atom is 0.250 e. The first kappa shape index (κ1) is 6.13. The molecule has 0 fully saturated rings. The van der Waals surface area contributed by atoms with Crippen molar-refractivity contribution < 1.29 is 4.57 Å². The molecule has 0 aliphatic carbocycles. The minimum absolute atomic E-state index is 0.784. The highest BCUT2D eigenvalue weighted by molar-refractivity contribution is 5.15. The maximum absolute atomic E-state index is 5.55. The van der Waals surface area contributed by atoms with Gasteiger partial charge in [0.25, 0.3) is 5.82 Å². The van der Waals surface area contributed by atoms with Crippen LogP contribution in [0.3, 0.4) is 0 Å². The fourth-order valence-electron chi connectivity index (χ4n) is 0.846. The van der Waals surface area contributed by atoms with E-state index in [4.69, 9.17) is 5.73 Å². The maximum atomic E-state index is 5.55. The van der Waals surface area contributed by atoms with Gasteiger partial charge in [-0.05, 0) is 0 Å². The van der Waals surface area contributed by atoms with Gasteiger partial charge < -0.3 is 5.73 Å². The highest BCUT2D eigenvalue weighted by Crippen LogP contribution is 1.92. The molecular formula is C6H12N3+. The fraction of sp³-hybridized carbons (Fsp3) is 0.500. The predicted octanol–water partition coefficient (Wildman–Crippen LogP) is -0.0162. The van der Waals surface area contributed by atoms with Crippen LogP contribution in [-0.2, 0) is 13.5 Å². The lowest BCUT2D eigenvalue weighted by Crippen LogP contribution is -2.33. The van der Waals surface area contributed by atoms with E-state index in [9.17, 15) is 0 Å². The number of hydrogen-bond acceptors (Lipinski definition) is 1. The molecule has 0 unspecified atom stereocenters. The van der Waals surface area contributed by atoms with Crippen molar-refractivity contribution in [2.75, 3.05) is 5.73 Å². The third kappa shape index (κ3) is 0.896. The van der Waals surface area contributed by atoms with Crippen LogP contribution in [-0.4, -0.2) is 4.98 Å². The summed E-state index contributed by atoms with van der Waals surface area (Å²) < 4.78 is 1.94. The first-order valence-corrected chi connectivity index (χ1v) is 3.07. The summed E-state index contributed by atoms with van der Waals surface area (Å²) in [5, 5.41) is 0. The molecule has 1 rings (SSSR count). The number of nitrogens with two attached hydrogens (primary N) is 1. The second-order valence-electron chi connectivity index (χ2n) is 2.07. The smallest absolute Gasteiger partial charge is 0.250 e. The molecule has 0 atom stereocenters. The van der Waals surface area contributed by atoms with Crippen LogP contribution in [0.5, 0.6) is 0 Å². The second kappa shape index (κ2) is 2.09. The van der Waals surface area contributed by atoms with Crippen molar-refractivity contribution in [1.82, 2.24) is 4.98 Å². The van der Waals surface area contributed by atoms with Crippen molar-refractivity contribution in [2.45, 2.75) is 13.3 Å². The number of imidazole rings is 1. The summed E-state index contributed by atoms with van der Waals surface area (Å²) in [5.74, 6) is 1.94. The van der Waals surface area contributed by atoms with Crippen molar-refractivity contribution in [1.29, 1.82) is 0 Å². The SMILES string of the molecule is CCc1[nH]cc(N)[n+]1C. The molecule has 0 aliphatic rings. The Morgan fingerprint density at radius 2 is 2.44 bits per heavy atom. The highest BCUT2D eigenvalue weighted by atomic mass is 15.1. The van der Waals surface area contributed by atoms with Gasteiger partial charge in [0.2, 0.25) is 5.82 Å². The molecule has 3 heteroatoms. The quantitative estimate of drug-likeness (QED) is 0.510. The molecule has 0 spiro atoms. The van der Waals surface area contributed by atoms with Crippen LogP contribution in [0.1, 0.15) is 12.7 Å². The van der Waals surface area contributed by atoms with Crippen LogP contribution in [0.25, 0.3) is 0 Å². The summed E-state index contributed by atoms with van der Waals surface area (Å²) in [5.41, 5.74) is 5.55. The topological polar surface area (TPSA) is 45.7 Å². The van der Waals surface area contributed by atoms with Gasteiger partial charge in [0.1, 0.15) is 6.20 Å². The van der Waals surface area contributed by atoms with Crippen molar-refractivity contribution in [3.05, 3.63) is 12.0 Å². The number of nitrogens with one attached hydrogen (secondary N) is 1. The molecule has 0 bridgehead atoms. The van der Waals surface area contributed by atoms with Gasteiger partial charge >= 0.3 is 0 Å². The summed E-state index contributed by atoms with van der Waals surface area (Å²) in [4.78, 5) is 3.06. The Morgan fingerprint density at radius 3 is 2.67 bits per heavy atom. The van der Waals surface area contributed by atoms with Crippen LogP contribution >= 0.6 is 0 Å². The molecule has 3 nitrogen and oxygen atoms in total. The molecule has 0 aliphatic heterocycles. The predicted molar refractivity (Wildman–Crippen MR) is 35.8 cm³/mol. The fourth-order valence-corrected chi connectivity index (χ4v) is 0.846. The summed E-state index contributed by atoms with van der Waals surface area (Å²) >= 11 is 0. The third-order valence-electron chi connectivity index (χ3n) is 1.51. The number of anilines is 1. The summed E-state index contributed by atoms with van der Waals surface area (Å²) in [6.45, 7) is 2.09. The standard InChI is InChI=1S/C6H11N3/c1-3-6-8-4-5(7)9(6)2/h4H,3,7H2,1-2H3/p+1. The van der Waals surface area contributed by atoms with Gasteiger partial charge in [0.15, 0.2) is 0 Å². The molecule has 1 heterocycles. The second-order valence-corrected chi connectivity index (χ2v) is 2.07. The van der Waals surface area contributed by atoms with E-state index in [1.807, 2.05) is 11.6 Å². The van der Waals surface area contributed by atoms with E-state index in [1.165, 1.54) is 0 Å². The lowest BCUT2D eigenvalue weighted by atomic mass is 10.5. The average molecular weight is 126 g/mol. The number of rotatable bonds is 1. The number of nitrogen functional groups attached to an aromatic ring is 1. The van der Waals surface area contributed by atoms with Crippen LogP contribution < -0.4 is 10.3 Å². The lowest BCUT2D eigenvalue weighted by Gasteiger charge is -1.89. The molecule has 50 valence electrons. The van der Waals surface area contributed by atoms with Crippen LogP contribution in [0.2, 0.25) is 0 Å². The largest absolute Gasteiger partial charge is 0.316 e. The summed E-state index contributed by atoms with van der Waals surface area (Å²) in [7, 11) is 1.95. The molecule has 3 N–H and O–H groups in total. The van der Waals surface area contributed by atoms with Gasteiger partial charge in [-0.15, -0.1) is 0 Å². The van der Waals surface area contributed by atoms with Crippen molar-refractivity contribution in [3.63, 3.8) is 0 Å². The zero-order chi connectivity index (χ0) is 6.85. The Hall–Kier alpha value is -0.990.